The van der Waals surface area contributed by atoms with Gasteiger partial charge in [0.1, 0.15) is 6.67 Å². The maximum absolute atomic E-state index is 12.9. The van der Waals surface area contributed by atoms with Crippen LogP contribution in [0.15, 0.2) is 59.3 Å². The largest absolute Gasteiger partial charge is 0.360 e. The van der Waals surface area contributed by atoms with Crippen LogP contribution in [0.4, 0.5) is 0 Å². The summed E-state index contributed by atoms with van der Waals surface area (Å²) in [7, 11) is 0. The number of amides is 2. The fourth-order valence-electron chi connectivity index (χ4n) is 5.50. The van der Waals surface area contributed by atoms with Crippen LogP contribution in [-0.4, -0.2) is 64.3 Å². The number of halogens is 1. The molecule has 2 amide bonds. The summed E-state index contributed by atoms with van der Waals surface area (Å²) in [6, 6.07) is 8.51. The SMILES string of the molecule is C=CC(=O)N1CCC(C(=O)N[C@H]2CCC[C@@H](NN3C=C(Cl)C(c4c[nH]c5ccccc45)=NC3)C2)CC1. The Morgan fingerprint density at radius 1 is 1.14 bits per heavy atom. The summed E-state index contributed by atoms with van der Waals surface area (Å²) in [5.74, 6) is 0.0216. The first-order chi connectivity index (χ1) is 17.5. The quantitative estimate of drug-likeness (QED) is 0.519. The number of aliphatic imine (C=N–C) groups is 1. The second kappa shape index (κ2) is 10.9. The number of para-hydroxylation sites is 1. The van der Waals surface area contributed by atoms with Gasteiger partial charge in [0.15, 0.2) is 0 Å². The molecule has 2 fully saturated rings. The minimum Gasteiger partial charge on any atom is -0.360 e. The molecule has 190 valence electrons. The lowest BCUT2D eigenvalue weighted by Gasteiger charge is -2.36. The molecule has 2 aliphatic heterocycles. The number of nitrogens with one attached hydrogen (secondary N) is 3. The van der Waals surface area contributed by atoms with Crippen LogP contribution < -0.4 is 10.7 Å². The van der Waals surface area contributed by atoms with Gasteiger partial charge in [-0.1, -0.05) is 36.4 Å². The first kappa shape index (κ1) is 24.6. The van der Waals surface area contributed by atoms with E-state index in [0.29, 0.717) is 37.6 Å². The summed E-state index contributed by atoms with van der Waals surface area (Å²) in [5, 5.41) is 6.92. The molecular formula is C27H33ClN6O2. The molecule has 1 saturated carbocycles. The van der Waals surface area contributed by atoms with Gasteiger partial charge in [0.25, 0.3) is 0 Å². The average molecular weight is 509 g/mol. The average Bonchev–Trinajstić information content (AvgIpc) is 3.32. The highest BCUT2D eigenvalue weighted by molar-refractivity contribution is 6.47. The number of aromatic amines is 1. The molecule has 1 aromatic carbocycles. The topological polar surface area (TPSA) is 92.8 Å². The zero-order valence-electron chi connectivity index (χ0n) is 20.4. The Morgan fingerprint density at radius 2 is 1.92 bits per heavy atom. The zero-order chi connectivity index (χ0) is 25.1. The van der Waals surface area contributed by atoms with Crippen LogP contribution in [0.5, 0.6) is 0 Å². The fourth-order valence-corrected chi connectivity index (χ4v) is 5.78. The third-order valence-electron chi connectivity index (χ3n) is 7.44. The Morgan fingerprint density at radius 3 is 2.69 bits per heavy atom. The van der Waals surface area contributed by atoms with Gasteiger partial charge in [-0.15, -0.1) is 0 Å². The van der Waals surface area contributed by atoms with Gasteiger partial charge in [0, 0.05) is 60.0 Å². The van der Waals surface area contributed by atoms with Gasteiger partial charge in [-0.25, -0.2) is 5.43 Å². The van der Waals surface area contributed by atoms with Crippen molar-refractivity contribution in [3.8, 4) is 0 Å². The molecule has 3 heterocycles. The van der Waals surface area contributed by atoms with E-state index in [1.807, 2.05) is 35.6 Å². The van der Waals surface area contributed by atoms with Gasteiger partial charge in [0.2, 0.25) is 11.8 Å². The molecule has 2 atom stereocenters. The Hall–Kier alpha value is -3.10. The first-order valence-electron chi connectivity index (χ1n) is 12.7. The molecule has 9 heteroatoms. The normalized spacial score (nSPS) is 23.2. The third-order valence-corrected chi connectivity index (χ3v) is 7.72. The molecule has 1 aliphatic carbocycles. The van der Waals surface area contributed by atoms with E-state index in [2.05, 4.69) is 28.4 Å². The number of H-pyrrole nitrogens is 1. The second-order valence-corrected chi connectivity index (χ2v) is 10.3. The predicted molar refractivity (Wildman–Crippen MR) is 142 cm³/mol. The number of likely N-dealkylation sites (tertiary alicyclic amines) is 1. The van der Waals surface area contributed by atoms with Crippen molar-refractivity contribution in [3.05, 3.63) is 59.9 Å². The van der Waals surface area contributed by atoms with Crippen molar-refractivity contribution in [2.45, 2.75) is 50.6 Å². The van der Waals surface area contributed by atoms with E-state index in [9.17, 15) is 9.59 Å². The van der Waals surface area contributed by atoms with Crippen LogP contribution in [-0.2, 0) is 9.59 Å². The number of allylic oxidation sites excluding steroid dienone is 1. The number of hydrazine groups is 1. The molecular weight excluding hydrogens is 476 g/mol. The summed E-state index contributed by atoms with van der Waals surface area (Å²) in [6.07, 6.45) is 10.5. The molecule has 0 bridgehead atoms. The van der Waals surface area contributed by atoms with Crippen LogP contribution in [0, 0.1) is 5.92 Å². The summed E-state index contributed by atoms with van der Waals surface area (Å²) < 4.78 is 0. The lowest BCUT2D eigenvalue weighted by atomic mass is 9.90. The van der Waals surface area contributed by atoms with Gasteiger partial charge in [-0.05, 0) is 50.7 Å². The second-order valence-electron chi connectivity index (χ2n) is 9.84. The van der Waals surface area contributed by atoms with Crippen LogP contribution in [0.1, 0.15) is 44.1 Å². The number of hydrogen-bond donors (Lipinski definition) is 3. The molecule has 0 spiro atoms. The van der Waals surface area contributed by atoms with Crippen LogP contribution in [0.2, 0.25) is 0 Å². The number of fused-ring (bicyclic) bond motifs is 1. The Bertz CT molecular complexity index is 1200. The van der Waals surface area contributed by atoms with Crippen molar-refractivity contribution in [2.75, 3.05) is 19.8 Å². The molecule has 8 nitrogen and oxygen atoms in total. The molecule has 3 N–H and O–H groups in total. The molecule has 1 saturated heterocycles. The van der Waals surface area contributed by atoms with E-state index in [1.165, 1.54) is 6.08 Å². The number of hydrogen-bond acceptors (Lipinski definition) is 5. The monoisotopic (exact) mass is 508 g/mol. The smallest absolute Gasteiger partial charge is 0.245 e. The van der Waals surface area contributed by atoms with Gasteiger partial charge < -0.3 is 15.2 Å². The Labute approximate surface area is 216 Å². The standard InChI is InChI=1S/C27H33ClN6O2/c1-2-25(35)33-12-10-18(11-13-33)27(36)31-19-6-5-7-20(14-19)32-34-16-23(28)26(30-17-34)22-15-29-24-9-4-3-8-21(22)24/h2-4,8-9,15-16,18-20,29,32H,1,5-7,10-14,17H2,(H,31,36)/t19-,20+/m0/s1. The molecule has 0 radical (unpaired) electrons. The highest BCUT2D eigenvalue weighted by Gasteiger charge is 2.30. The number of piperidine rings is 1. The highest BCUT2D eigenvalue weighted by Crippen LogP contribution is 2.26. The van der Waals surface area contributed by atoms with E-state index in [-0.39, 0.29) is 29.8 Å². The van der Waals surface area contributed by atoms with E-state index in [0.717, 1.165) is 47.9 Å². The lowest BCUT2D eigenvalue weighted by Crippen LogP contribution is -2.51. The van der Waals surface area contributed by atoms with Crippen molar-refractivity contribution in [1.82, 2.24) is 25.6 Å². The van der Waals surface area contributed by atoms with Crippen molar-refractivity contribution in [2.24, 2.45) is 10.9 Å². The van der Waals surface area contributed by atoms with E-state index >= 15 is 0 Å². The predicted octanol–water partition coefficient (Wildman–Crippen LogP) is 3.67. The molecule has 36 heavy (non-hydrogen) atoms. The summed E-state index contributed by atoms with van der Waals surface area (Å²) in [4.78, 5) is 34.5. The zero-order valence-corrected chi connectivity index (χ0v) is 21.1. The number of nitrogens with zero attached hydrogens (tertiary/aromatic N) is 3. The van der Waals surface area contributed by atoms with Crippen LogP contribution in [0.25, 0.3) is 10.9 Å². The van der Waals surface area contributed by atoms with Gasteiger partial charge in [-0.3, -0.25) is 19.6 Å². The van der Waals surface area contributed by atoms with Gasteiger partial charge in [-0.2, -0.15) is 0 Å². The van der Waals surface area contributed by atoms with Crippen molar-refractivity contribution >= 4 is 40.0 Å². The number of benzene rings is 1. The summed E-state index contributed by atoms with van der Waals surface area (Å²) in [5.41, 5.74) is 6.41. The van der Waals surface area contributed by atoms with E-state index < -0.39 is 0 Å². The highest BCUT2D eigenvalue weighted by atomic mass is 35.5. The van der Waals surface area contributed by atoms with Gasteiger partial charge in [0.05, 0.1) is 10.7 Å². The minimum atomic E-state index is -0.0557. The number of carbonyl (C=O) groups excluding carboxylic acids is 2. The molecule has 2 aromatic rings. The number of aromatic nitrogens is 1. The first-order valence-corrected chi connectivity index (χ1v) is 13.1. The molecule has 3 aliphatic rings. The number of carbonyl (C=O) groups is 2. The van der Waals surface area contributed by atoms with Gasteiger partial charge >= 0.3 is 0 Å². The van der Waals surface area contributed by atoms with Crippen molar-refractivity contribution in [3.63, 3.8) is 0 Å². The van der Waals surface area contributed by atoms with Crippen molar-refractivity contribution < 1.29 is 9.59 Å². The maximum atomic E-state index is 12.9. The fraction of sp³-hybridized carbons (Fsp3) is 0.444. The lowest BCUT2D eigenvalue weighted by molar-refractivity contribution is -0.132. The Balaban J connectivity index is 1.13. The number of rotatable bonds is 6. The molecule has 1 aromatic heterocycles. The van der Waals surface area contributed by atoms with Crippen LogP contribution in [0.3, 0.4) is 0 Å². The summed E-state index contributed by atoms with van der Waals surface area (Å²) in [6.45, 7) is 5.24. The third kappa shape index (κ3) is 5.34. The van der Waals surface area contributed by atoms with Crippen LogP contribution >= 0.6 is 11.6 Å². The van der Waals surface area contributed by atoms with Crippen molar-refractivity contribution in [1.29, 1.82) is 0 Å². The molecule has 0 unspecified atom stereocenters. The Kier molecular flexibility index (Phi) is 7.43. The van der Waals surface area contributed by atoms with E-state index in [4.69, 9.17) is 16.6 Å². The maximum Gasteiger partial charge on any atom is 0.245 e. The van der Waals surface area contributed by atoms with E-state index in [1.54, 1.807) is 4.90 Å². The minimum absolute atomic E-state index is 0.0340. The molecule has 5 rings (SSSR count). The summed E-state index contributed by atoms with van der Waals surface area (Å²) >= 11 is 6.66.